The van der Waals surface area contributed by atoms with E-state index in [1.807, 2.05) is 41.3 Å². The molecule has 233 valence electrons. The fourth-order valence-corrected chi connectivity index (χ4v) is 7.00. The van der Waals surface area contributed by atoms with E-state index in [9.17, 15) is 19.2 Å². The number of aromatic nitrogens is 2. The third-order valence-electron chi connectivity index (χ3n) is 9.21. The van der Waals surface area contributed by atoms with Crippen molar-refractivity contribution in [2.75, 3.05) is 33.3 Å². The summed E-state index contributed by atoms with van der Waals surface area (Å²) >= 11 is 0. The maximum absolute atomic E-state index is 15.3. The average Bonchev–Trinajstić information content (AvgIpc) is 3.72. The first-order valence-electron chi connectivity index (χ1n) is 15.1. The fraction of sp³-hybridized carbons (Fsp3) is 0.406. The number of amides is 4. The zero-order chi connectivity index (χ0) is 31.2. The number of ether oxygens (including phenoxy) is 1. The highest BCUT2D eigenvalue weighted by Crippen LogP contribution is 2.38. The van der Waals surface area contributed by atoms with Crippen LogP contribution in [0, 0.1) is 12.0 Å². The monoisotopic (exact) mass is 614 g/mol. The number of carbonyl (C=O) groups is 4. The molecule has 12 nitrogen and oxygen atoms in total. The minimum atomic E-state index is -0.791. The number of piperidine rings is 1. The van der Waals surface area contributed by atoms with Gasteiger partial charge in [-0.2, -0.15) is 5.10 Å². The molecule has 13 heteroatoms. The molecule has 4 amide bonds. The van der Waals surface area contributed by atoms with Crippen molar-refractivity contribution < 1.29 is 28.3 Å². The molecular formula is C32H33FN7O5. The van der Waals surface area contributed by atoms with Gasteiger partial charge in [-0.1, -0.05) is 36.4 Å². The highest BCUT2D eigenvalue weighted by atomic mass is 19.1. The Morgan fingerprint density at radius 1 is 1.11 bits per heavy atom. The highest BCUT2D eigenvalue weighted by Gasteiger charge is 2.43. The number of carbonyl (C=O) groups excluding carboxylic acids is 4. The number of rotatable bonds is 7. The lowest BCUT2D eigenvalue weighted by Gasteiger charge is -2.41. The van der Waals surface area contributed by atoms with Crippen molar-refractivity contribution in [3.8, 4) is 0 Å². The number of H-pyrrole nitrogens is 1. The molecule has 3 aromatic rings. The first kappa shape index (κ1) is 29.3. The van der Waals surface area contributed by atoms with Gasteiger partial charge in [0.15, 0.2) is 6.10 Å². The lowest BCUT2D eigenvalue weighted by molar-refractivity contribution is -0.150. The number of piperazine rings is 1. The number of halogens is 1. The van der Waals surface area contributed by atoms with Gasteiger partial charge in [-0.15, -0.1) is 0 Å². The van der Waals surface area contributed by atoms with Crippen LogP contribution in [0.5, 0.6) is 0 Å². The van der Waals surface area contributed by atoms with Crippen LogP contribution in [0.3, 0.4) is 0 Å². The number of nitrogens with one attached hydrogen (secondary N) is 2. The van der Waals surface area contributed by atoms with Crippen LogP contribution < -0.4 is 5.32 Å². The maximum Gasteiger partial charge on any atom is 0.258 e. The zero-order valence-corrected chi connectivity index (χ0v) is 24.8. The molecule has 1 radical (unpaired) electrons. The Morgan fingerprint density at radius 3 is 2.62 bits per heavy atom. The van der Waals surface area contributed by atoms with Crippen LogP contribution in [-0.2, 0) is 38.8 Å². The molecule has 5 heterocycles. The van der Waals surface area contributed by atoms with Crippen molar-refractivity contribution in [3.05, 3.63) is 88.0 Å². The maximum atomic E-state index is 15.3. The summed E-state index contributed by atoms with van der Waals surface area (Å²) in [6, 6.07) is 11.9. The van der Waals surface area contributed by atoms with Crippen LogP contribution in [-0.4, -0.2) is 92.8 Å². The van der Waals surface area contributed by atoms with Crippen LogP contribution in [0.2, 0.25) is 0 Å². The number of aromatic amines is 1. The standard InChI is InChI=1S/C32H33FN7O5/c1-45-28(20-5-3-2-4-6-20)32(44)40-18-24-22(15-34-36-24)30(40)38-11-9-37(10-12-38)16-19-13-21-17-39(31(43)27(21)23(33)14-19)25-7-8-26(41)35-29(25)42/h2-6,13-14,25,28,30H,7-12,16-18H2,1H3,(H,34,36)(H,35,41,42)/t25?,28-,30?/m1/s1. The topological polar surface area (TPSA) is 131 Å². The van der Waals surface area contributed by atoms with E-state index in [1.165, 1.54) is 18.1 Å². The van der Waals surface area contributed by atoms with Crippen LogP contribution in [0.25, 0.3) is 0 Å². The van der Waals surface area contributed by atoms with Crippen LogP contribution in [0.15, 0.2) is 42.5 Å². The Kier molecular flexibility index (Phi) is 7.68. The van der Waals surface area contributed by atoms with Gasteiger partial charge in [0.2, 0.25) is 11.8 Å². The van der Waals surface area contributed by atoms with Crippen LogP contribution in [0.4, 0.5) is 4.39 Å². The van der Waals surface area contributed by atoms with Crippen LogP contribution >= 0.6 is 0 Å². The number of hydrogen-bond donors (Lipinski definition) is 2. The lowest BCUT2D eigenvalue weighted by Crippen LogP contribution is -2.52. The highest BCUT2D eigenvalue weighted by molar-refractivity contribution is 6.05. The molecule has 1 aromatic heterocycles. The van der Waals surface area contributed by atoms with Crippen molar-refractivity contribution in [2.24, 2.45) is 0 Å². The number of benzene rings is 2. The van der Waals surface area contributed by atoms with Gasteiger partial charge in [0.05, 0.1) is 17.8 Å². The van der Waals surface area contributed by atoms with Gasteiger partial charge in [0, 0.05) is 58.4 Å². The summed E-state index contributed by atoms with van der Waals surface area (Å²) in [6.07, 6.45) is 2.35. The molecule has 45 heavy (non-hydrogen) atoms. The Hall–Kier alpha value is -4.46. The summed E-state index contributed by atoms with van der Waals surface area (Å²) in [7, 11) is 1.54. The molecule has 0 aliphatic carbocycles. The first-order valence-corrected chi connectivity index (χ1v) is 15.1. The Balaban J connectivity index is 1.02. The molecule has 0 saturated carbocycles. The molecule has 2 saturated heterocycles. The molecule has 2 aromatic carbocycles. The lowest BCUT2D eigenvalue weighted by atomic mass is 10.0. The molecule has 2 N–H and O–H groups in total. The summed E-state index contributed by atoms with van der Waals surface area (Å²) in [4.78, 5) is 58.5. The predicted octanol–water partition coefficient (Wildman–Crippen LogP) is 1.66. The number of methoxy groups -OCH3 is 1. The predicted molar refractivity (Wildman–Crippen MR) is 156 cm³/mol. The van der Waals surface area contributed by atoms with E-state index in [2.05, 4.69) is 31.5 Å². The van der Waals surface area contributed by atoms with Gasteiger partial charge in [-0.05, 0) is 29.2 Å². The van der Waals surface area contributed by atoms with Crippen molar-refractivity contribution in [3.63, 3.8) is 0 Å². The Morgan fingerprint density at radius 2 is 1.89 bits per heavy atom. The second-order valence-electron chi connectivity index (χ2n) is 11.9. The second-order valence-corrected chi connectivity index (χ2v) is 11.9. The van der Waals surface area contributed by atoms with Gasteiger partial charge >= 0.3 is 0 Å². The van der Waals surface area contributed by atoms with Gasteiger partial charge in [-0.3, -0.25) is 39.4 Å². The van der Waals surface area contributed by atoms with Gasteiger partial charge in [-0.25, -0.2) is 4.39 Å². The minimum Gasteiger partial charge on any atom is -0.367 e. The molecule has 2 fully saturated rings. The van der Waals surface area contributed by atoms with E-state index < -0.39 is 29.8 Å². The van der Waals surface area contributed by atoms with E-state index in [1.54, 1.807) is 0 Å². The normalized spacial score (nSPS) is 22.8. The van der Waals surface area contributed by atoms with Crippen molar-refractivity contribution in [2.45, 2.75) is 50.8 Å². The van der Waals surface area contributed by atoms with E-state index >= 15 is 4.39 Å². The Labute approximate surface area is 259 Å². The van der Waals surface area contributed by atoms with E-state index in [0.29, 0.717) is 44.8 Å². The minimum absolute atomic E-state index is 0.00343. The number of fused-ring (bicyclic) bond motifs is 2. The molecule has 0 bridgehead atoms. The van der Waals surface area contributed by atoms with E-state index in [4.69, 9.17) is 4.74 Å². The number of hydrogen-bond acceptors (Lipinski definition) is 8. The van der Waals surface area contributed by atoms with E-state index in [-0.39, 0.29) is 42.9 Å². The molecule has 4 aliphatic rings. The second kappa shape index (κ2) is 11.8. The smallest absolute Gasteiger partial charge is 0.258 e. The summed E-state index contributed by atoms with van der Waals surface area (Å²) in [5.41, 5.74) is 3.78. The summed E-state index contributed by atoms with van der Waals surface area (Å²) < 4.78 is 20.9. The summed E-state index contributed by atoms with van der Waals surface area (Å²) in [6.45, 7) is 3.66. The molecule has 2 unspecified atom stereocenters. The van der Waals surface area contributed by atoms with Gasteiger partial charge in [0.25, 0.3) is 11.8 Å². The zero-order valence-electron chi connectivity index (χ0n) is 24.8. The van der Waals surface area contributed by atoms with Crippen molar-refractivity contribution in [1.82, 2.24) is 35.1 Å². The molecule has 7 rings (SSSR count). The number of nitrogens with zero attached hydrogens (tertiary/aromatic N) is 5. The van der Waals surface area contributed by atoms with Crippen LogP contribution in [0.1, 0.15) is 63.4 Å². The summed E-state index contributed by atoms with van der Waals surface area (Å²) in [5.74, 6) is -2.15. The number of imide groups is 1. The quantitative estimate of drug-likeness (QED) is 0.385. The third kappa shape index (κ3) is 5.30. The largest absolute Gasteiger partial charge is 0.367 e. The SMILES string of the molecule is CO[C@@H](C(=O)N1Cc2[nH]n[c]c2C1N1CCN(Cc2cc(F)c3c(c2)CN(C2CCC(=O)NC2=O)C3=O)CC1)c1ccccc1. The third-order valence-corrected chi connectivity index (χ3v) is 9.21. The Bertz CT molecular complexity index is 1650. The molecule has 4 aliphatic heterocycles. The molecule has 0 spiro atoms. The summed E-state index contributed by atoms with van der Waals surface area (Å²) in [5, 5.41) is 9.37. The fourth-order valence-electron chi connectivity index (χ4n) is 7.00. The van der Waals surface area contributed by atoms with Crippen molar-refractivity contribution in [1.29, 1.82) is 0 Å². The van der Waals surface area contributed by atoms with Gasteiger partial charge in [0.1, 0.15) is 24.2 Å². The van der Waals surface area contributed by atoms with E-state index in [0.717, 1.165) is 22.4 Å². The first-order chi connectivity index (χ1) is 21.8. The average molecular weight is 615 g/mol. The van der Waals surface area contributed by atoms with Crippen molar-refractivity contribution >= 4 is 23.6 Å². The molecular weight excluding hydrogens is 581 g/mol. The van der Waals surface area contributed by atoms with Gasteiger partial charge < -0.3 is 14.5 Å². The molecule has 3 atom stereocenters.